The third kappa shape index (κ3) is 4.60. The molecule has 3 N–H and O–H groups in total. The number of ether oxygens (including phenoxy) is 1. The number of rotatable bonds is 6. The largest absolute Gasteiger partial charge is 0.491 e. The Morgan fingerprint density at radius 2 is 1.84 bits per heavy atom. The van der Waals surface area contributed by atoms with Gasteiger partial charge in [0.2, 0.25) is 0 Å². The van der Waals surface area contributed by atoms with Gasteiger partial charge in [0.15, 0.2) is 0 Å². The average Bonchev–Trinajstić information content (AvgIpc) is 2.54. The number of benzene rings is 1. The summed E-state index contributed by atoms with van der Waals surface area (Å²) >= 11 is 0. The smallest absolute Gasteiger partial charge is 0.431 e. The lowest BCUT2D eigenvalue weighted by Gasteiger charge is -2.19. The van der Waals surface area contributed by atoms with Crippen LogP contribution in [0.5, 0.6) is 5.75 Å². The van der Waals surface area contributed by atoms with Gasteiger partial charge in [-0.25, -0.2) is 0 Å². The summed E-state index contributed by atoms with van der Waals surface area (Å²) in [5.74, 6) is -0.738. The minimum Gasteiger partial charge on any atom is -0.491 e. The molecule has 1 atom stereocenters. The first-order valence-electron chi connectivity index (χ1n) is 7.17. The Labute approximate surface area is 140 Å². The lowest BCUT2D eigenvalue weighted by molar-refractivity contribution is -0.144. The van der Waals surface area contributed by atoms with E-state index in [9.17, 15) is 27.9 Å². The Morgan fingerprint density at radius 1 is 1.20 bits per heavy atom. The second-order valence-electron chi connectivity index (χ2n) is 5.19. The molecule has 0 fully saturated rings. The molecule has 1 aromatic heterocycles. The van der Waals surface area contributed by atoms with Crippen molar-refractivity contribution in [2.75, 3.05) is 6.61 Å². The number of amides is 1. The Balaban J connectivity index is 2.25. The van der Waals surface area contributed by atoms with Crippen LogP contribution in [-0.4, -0.2) is 28.3 Å². The van der Waals surface area contributed by atoms with Gasteiger partial charge in [-0.15, -0.1) is 0 Å². The van der Waals surface area contributed by atoms with E-state index in [0.717, 1.165) is 6.07 Å². The highest BCUT2D eigenvalue weighted by molar-refractivity contribution is 5.92. The van der Waals surface area contributed by atoms with E-state index in [0.29, 0.717) is 11.8 Å². The minimum atomic E-state index is -4.84. The van der Waals surface area contributed by atoms with Crippen molar-refractivity contribution in [1.82, 2.24) is 4.57 Å². The molecule has 0 spiro atoms. The van der Waals surface area contributed by atoms with Crippen LogP contribution in [0.25, 0.3) is 0 Å². The summed E-state index contributed by atoms with van der Waals surface area (Å²) in [7, 11) is 0. The zero-order chi connectivity index (χ0) is 18.6. The number of para-hydroxylation sites is 1. The van der Waals surface area contributed by atoms with Gasteiger partial charge in [0.25, 0.3) is 11.5 Å². The van der Waals surface area contributed by atoms with E-state index in [1.807, 2.05) is 0 Å². The monoisotopic (exact) mass is 356 g/mol. The minimum absolute atomic E-state index is 0.277. The molecule has 0 aliphatic rings. The summed E-state index contributed by atoms with van der Waals surface area (Å²) in [6, 6.07) is 9.62. The topological polar surface area (TPSA) is 94.6 Å². The standard InChI is InChI=1S/C16H15F3N2O4/c17-16(18,19)13-7-6-12(14(20)23)15(24)21(13)8-10(22)9-25-11-4-2-1-3-5-11/h1-7,10,22H,8-9H2,(H2,20,23)/t10-/m1/s1. The molecule has 2 aromatic rings. The number of carbonyl (C=O) groups is 1. The summed E-state index contributed by atoms with van der Waals surface area (Å²) in [5, 5.41) is 9.94. The molecule has 1 aromatic carbocycles. The van der Waals surface area contributed by atoms with Crippen LogP contribution in [0.15, 0.2) is 47.3 Å². The van der Waals surface area contributed by atoms with E-state index < -0.39 is 41.5 Å². The number of primary amides is 1. The summed E-state index contributed by atoms with van der Waals surface area (Å²) in [6.45, 7) is -1.05. The van der Waals surface area contributed by atoms with Crippen molar-refractivity contribution < 1.29 is 27.8 Å². The average molecular weight is 356 g/mol. The number of aliphatic hydroxyl groups is 1. The third-order valence-corrected chi connectivity index (χ3v) is 3.31. The predicted molar refractivity (Wildman–Crippen MR) is 82.2 cm³/mol. The molecule has 0 saturated carbocycles. The van der Waals surface area contributed by atoms with Crippen LogP contribution in [-0.2, 0) is 12.7 Å². The molecule has 1 heterocycles. The summed E-state index contributed by atoms with van der Waals surface area (Å²) in [4.78, 5) is 23.3. The summed E-state index contributed by atoms with van der Waals surface area (Å²) in [5.41, 5.74) is 1.88. The van der Waals surface area contributed by atoms with Gasteiger partial charge in [0, 0.05) is 0 Å². The Kier molecular flexibility index (Phi) is 5.48. The molecular weight excluding hydrogens is 341 g/mol. The van der Waals surface area contributed by atoms with Crippen LogP contribution < -0.4 is 16.0 Å². The van der Waals surface area contributed by atoms with Gasteiger partial charge >= 0.3 is 6.18 Å². The highest BCUT2D eigenvalue weighted by Gasteiger charge is 2.35. The molecule has 0 radical (unpaired) electrons. The number of halogens is 3. The number of hydrogen-bond donors (Lipinski definition) is 2. The molecular formula is C16H15F3N2O4. The highest BCUT2D eigenvalue weighted by Crippen LogP contribution is 2.28. The SMILES string of the molecule is NC(=O)c1ccc(C(F)(F)F)n(C[C@@H](O)COc2ccccc2)c1=O. The molecule has 0 saturated heterocycles. The Hall–Kier alpha value is -2.81. The molecule has 0 aliphatic heterocycles. The van der Waals surface area contributed by atoms with Gasteiger partial charge in [-0.05, 0) is 24.3 Å². The summed E-state index contributed by atoms with van der Waals surface area (Å²) < 4.78 is 44.7. The number of pyridine rings is 1. The maximum atomic E-state index is 13.1. The van der Waals surface area contributed by atoms with Gasteiger partial charge < -0.3 is 20.1 Å². The molecule has 134 valence electrons. The first kappa shape index (κ1) is 18.5. The van der Waals surface area contributed by atoms with E-state index in [-0.39, 0.29) is 11.2 Å². The molecule has 0 unspecified atom stereocenters. The molecule has 0 aliphatic carbocycles. The molecule has 6 nitrogen and oxygen atoms in total. The van der Waals surface area contributed by atoms with Crippen molar-refractivity contribution in [3.8, 4) is 5.75 Å². The molecule has 2 rings (SSSR count). The Bertz CT molecular complexity index is 803. The van der Waals surface area contributed by atoms with E-state index in [1.165, 1.54) is 0 Å². The van der Waals surface area contributed by atoms with Gasteiger partial charge in [-0.2, -0.15) is 13.2 Å². The molecule has 0 bridgehead atoms. The predicted octanol–water partition coefficient (Wildman–Crippen LogP) is 1.41. The van der Waals surface area contributed by atoms with Crippen LogP contribution in [0.4, 0.5) is 13.2 Å². The van der Waals surface area contributed by atoms with Crippen LogP contribution in [0.2, 0.25) is 0 Å². The molecule has 1 amide bonds. The number of aliphatic hydroxyl groups excluding tert-OH is 1. The third-order valence-electron chi connectivity index (χ3n) is 3.31. The molecule has 9 heteroatoms. The van der Waals surface area contributed by atoms with Gasteiger partial charge in [0.1, 0.15) is 29.7 Å². The fourth-order valence-electron chi connectivity index (χ4n) is 2.17. The number of hydrogen-bond acceptors (Lipinski definition) is 4. The zero-order valence-corrected chi connectivity index (χ0v) is 12.9. The van der Waals surface area contributed by atoms with E-state index in [1.54, 1.807) is 30.3 Å². The van der Waals surface area contributed by atoms with E-state index in [4.69, 9.17) is 10.5 Å². The van der Waals surface area contributed by atoms with E-state index >= 15 is 0 Å². The van der Waals surface area contributed by atoms with Crippen molar-refractivity contribution in [3.05, 3.63) is 64.1 Å². The van der Waals surface area contributed by atoms with Crippen LogP contribution >= 0.6 is 0 Å². The lowest BCUT2D eigenvalue weighted by Crippen LogP contribution is -2.37. The highest BCUT2D eigenvalue weighted by atomic mass is 19.4. The van der Waals surface area contributed by atoms with Gasteiger partial charge in [0.05, 0.1) is 6.54 Å². The number of alkyl halides is 3. The van der Waals surface area contributed by atoms with Crippen LogP contribution in [0.1, 0.15) is 16.1 Å². The Morgan fingerprint density at radius 3 is 2.40 bits per heavy atom. The first-order chi connectivity index (χ1) is 11.7. The maximum absolute atomic E-state index is 13.1. The van der Waals surface area contributed by atoms with Crippen molar-refractivity contribution >= 4 is 5.91 Å². The fourth-order valence-corrected chi connectivity index (χ4v) is 2.17. The first-order valence-corrected chi connectivity index (χ1v) is 7.17. The van der Waals surface area contributed by atoms with Gasteiger partial charge in [-0.1, -0.05) is 18.2 Å². The maximum Gasteiger partial charge on any atom is 0.431 e. The second-order valence-corrected chi connectivity index (χ2v) is 5.19. The van der Waals surface area contributed by atoms with E-state index in [2.05, 4.69) is 0 Å². The lowest BCUT2D eigenvalue weighted by atomic mass is 10.2. The van der Waals surface area contributed by atoms with Crippen molar-refractivity contribution in [2.45, 2.75) is 18.8 Å². The number of nitrogens with two attached hydrogens (primary N) is 1. The van der Waals surface area contributed by atoms with Gasteiger partial charge in [-0.3, -0.25) is 9.59 Å². The fraction of sp³-hybridized carbons (Fsp3) is 0.250. The number of carbonyl (C=O) groups excluding carboxylic acids is 1. The number of nitrogens with zero attached hydrogens (tertiary/aromatic N) is 1. The van der Waals surface area contributed by atoms with Crippen LogP contribution in [0, 0.1) is 0 Å². The quantitative estimate of drug-likeness (QED) is 0.818. The van der Waals surface area contributed by atoms with Crippen LogP contribution in [0.3, 0.4) is 0 Å². The van der Waals surface area contributed by atoms with Crippen molar-refractivity contribution in [3.63, 3.8) is 0 Å². The zero-order valence-electron chi connectivity index (χ0n) is 12.9. The van der Waals surface area contributed by atoms with Crippen molar-refractivity contribution in [2.24, 2.45) is 5.73 Å². The van der Waals surface area contributed by atoms with Crippen molar-refractivity contribution in [1.29, 1.82) is 0 Å². The molecule has 25 heavy (non-hydrogen) atoms. The normalized spacial score (nSPS) is 12.6. The second kappa shape index (κ2) is 7.39. The number of aromatic nitrogens is 1. The summed E-state index contributed by atoms with van der Waals surface area (Å²) in [6.07, 6.45) is -6.25.